The summed E-state index contributed by atoms with van der Waals surface area (Å²) in [4.78, 5) is -0.204. The molecule has 0 bridgehead atoms. The van der Waals surface area contributed by atoms with Gasteiger partial charge < -0.3 is 11.1 Å². The molecule has 21 heavy (non-hydrogen) atoms. The van der Waals surface area contributed by atoms with E-state index in [1.165, 1.54) is 24.3 Å². The quantitative estimate of drug-likeness (QED) is 0.841. The van der Waals surface area contributed by atoms with Crippen molar-refractivity contribution >= 4 is 22.9 Å². The molecular weight excluding hydrogens is 297 g/mol. The summed E-state index contributed by atoms with van der Waals surface area (Å²) < 4.78 is 40.6. The van der Waals surface area contributed by atoms with Crippen LogP contribution in [0.15, 0.2) is 36.4 Å². The van der Waals surface area contributed by atoms with Crippen molar-refractivity contribution in [1.29, 1.82) is 0 Å². The smallest absolute Gasteiger partial charge is 0.182 e. The minimum Gasteiger partial charge on any atom is -0.389 e. The number of rotatable bonds is 4. The molecule has 0 amide bonds. The number of halogens is 3. The molecule has 0 aliphatic carbocycles. The van der Waals surface area contributed by atoms with E-state index in [2.05, 4.69) is 17.5 Å². The van der Waals surface area contributed by atoms with Gasteiger partial charge in [0.1, 0.15) is 10.8 Å². The van der Waals surface area contributed by atoms with E-state index < -0.39 is 11.6 Å². The molecule has 1 atom stereocenters. The molecule has 110 valence electrons. The van der Waals surface area contributed by atoms with Crippen molar-refractivity contribution in [2.75, 3.05) is 5.32 Å². The van der Waals surface area contributed by atoms with Crippen molar-refractivity contribution in [3.63, 3.8) is 0 Å². The molecule has 0 aliphatic heterocycles. The first kappa shape index (κ1) is 15.3. The average Bonchev–Trinajstić information content (AvgIpc) is 2.44. The van der Waals surface area contributed by atoms with Crippen LogP contribution in [-0.4, -0.2) is 4.99 Å². The van der Waals surface area contributed by atoms with Crippen LogP contribution >= 0.6 is 12.2 Å². The maximum Gasteiger partial charge on any atom is 0.182 e. The number of thiocarbonyl (C=S) groups is 1. The third-order valence-corrected chi connectivity index (χ3v) is 3.31. The predicted octanol–water partition coefficient (Wildman–Crippen LogP) is 3.91. The van der Waals surface area contributed by atoms with Crippen molar-refractivity contribution in [1.82, 2.24) is 0 Å². The fourth-order valence-electron chi connectivity index (χ4n) is 1.92. The van der Waals surface area contributed by atoms with Gasteiger partial charge in [0.25, 0.3) is 0 Å². The lowest BCUT2D eigenvalue weighted by Crippen LogP contribution is -2.15. The maximum absolute atomic E-state index is 13.9. The van der Waals surface area contributed by atoms with Crippen LogP contribution in [0.1, 0.15) is 24.1 Å². The lowest BCUT2D eigenvalue weighted by molar-refractivity contribution is 0.508. The molecule has 0 saturated carbocycles. The van der Waals surface area contributed by atoms with Crippen LogP contribution < -0.4 is 11.1 Å². The zero-order valence-electron chi connectivity index (χ0n) is 11.2. The Hall–Kier alpha value is -2.08. The van der Waals surface area contributed by atoms with E-state index in [-0.39, 0.29) is 28.1 Å². The molecule has 1 unspecified atom stereocenters. The minimum absolute atomic E-state index is 0.00988. The second-order valence-electron chi connectivity index (χ2n) is 4.57. The van der Waals surface area contributed by atoms with Crippen molar-refractivity contribution in [3.05, 3.63) is 65.0 Å². The van der Waals surface area contributed by atoms with E-state index in [0.717, 1.165) is 5.56 Å². The van der Waals surface area contributed by atoms with Gasteiger partial charge in [-0.25, -0.2) is 13.2 Å². The number of nitrogens with one attached hydrogen (secondary N) is 1. The van der Waals surface area contributed by atoms with E-state index in [1.807, 2.05) is 0 Å². The Kier molecular flexibility index (Phi) is 4.47. The molecule has 0 saturated heterocycles. The molecule has 0 heterocycles. The lowest BCUT2D eigenvalue weighted by atomic mass is 10.1. The first-order chi connectivity index (χ1) is 9.90. The van der Waals surface area contributed by atoms with E-state index in [1.54, 1.807) is 19.1 Å². The van der Waals surface area contributed by atoms with Gasteiger partial charge >= 0.3 is 0 Å². The Morgan fingerprint density at radius 1 is 1.05 bits per heavy atom. The lowest BCUT2D eigenvalue weighted by Gasteiger charge is -2.17. The summed E-state index contributed by atoms with van der Waals surface area (Å²) in [6, 6.07) is 8.12. The highest BCUT2D eigenvalue weighted by molar-refractivity contribution is 7.80. The zero-order chi connectivity index (χ0) is 15.6. The van der Waals surface area contributed by atoms with Crippen molar-refractivity contribution in [2.24, 2.45) is 5.73 Å². The second kappa shape index (κ2) is 6.13. The number of nitrogens with two attached hydrogens (primary N) is 1. The van der Waals surface area contributed by atoms with Crippen LogP contribution in [0.25, 0.3) is 0 Å². The van der Waals surface area contributed by atoms with Gasteiger partial charge in [-0.3, -0.25) is 0 Å². The van der Waals surface area contributed by atoms with E-state index in [9.17, 15) is 13.2 Å². The molecule has 2 aromatic rings. The van der Waals surface area contributed by atoms with Crippen molar-refractivity contribution < 1.29 is 13.2 Å². The summed E-state index contributed by atoms with van der Waals surface area (Å²) in [5.41, 5.74) is 5.91. The highest BCUT2D eigenvalue weighted by Crippen LogP contribution is 2.25. The molecule has 2 nitrogen and oxygen atoms in total. The number of hydrogen-bond donors (Lipinski definition) is 2. The highest BCUT2D eigenvalue weighted by Gasteiger charge is 2.16. The van der Waals surface area contributed by atoms with Gasteiger partial charge in [0.2, 0.25) is 0 Å². The Bertz CT molecular complexity index is 671. The Morgan fingerprint density at radius 2 is 1.67 bits per heavy atom. The van der Waals surface area contributed by atoms with Gasteiger partial charge in [-0.15, -0.1) is 0 Å². The minimum atomic E-state index is -1.08. The topological polar surface area (TPSA) is 38.0 Å². The van der Waals surface area contributed by atoms with Crippen LogP contribution in [0.5, 0.6) is 0 Å². The summed E-state index contributed by atoms with van der Waals surface area (Å²) in [5, 5.41) is 2.83. The van der Waals surface area contributed by atoms with Crippen LogP contribution in [0.2, 0.25) is 0 Å². The summed E-state index contributed by atoms with van der Waals surface area (Å²) in [5.74, 6) is -2.49. The third-order valence-electron chi connectivity index (χ3n) is 3.09. The summed E-state index contributed by atoms with van der Waals surface area (Å²) in [7, 11) is 0. The van der Waals surface area contributed by atoms with Gasteiger partial charge in [-0.05, 0) is 36.8 Å². The van der Waals surface area contributed by atoms with Gasteiger partial charge in [-0.1, -0.05) is 24.4 Å². The molecule has 3 N–H and O–H groups in total. The summed E-state index contributed by atoms with van der Waals surface area (Å²) >= 11 is 4.64. The predicted molar refractivity (Wildman–Crippen MR) is 80.7 cm³/mol. The largest absolute Gasteiger partial charge is 0.389 e. The summed E-state index contributed by atoms with van der Waals surface area (Å²) in [6.45, 7) is 1.76. The molecule has 0 fully saturated rings. The Balaban J connectivity index is 2.25. The monoisotopic (exact) mass is 310 g/mol. The average molecular weight is 310 g/mol. The SMILES string of the molecule is CC(Nc1ccc(C(N)=S)c(F)c1F)c1ccc(F)cc1. The standard InChI is InChI=1S/C15H13F3N2S/c1-8(9-2-4-10(16)5-3-9)20-12-7-6-11(15(19)21)13(17)14(12)18/h2-8,20H,1H3,(H2,19,21). The van der Waals surface area contributed by atoms with Crippen molar-refractivity contribution in [3.8, 4) is 0 Å². The van der Waals surface area contributed by atoms with Crippen LogP contribution in [-0.2, 0) is 0 Å². The van der Waals surface area contributed by atoms with Crippen LogP contribution in [0.4, 0.5) is 18.9 Å². The molecular formula is C15H13F3N2S. The van der Waals surface area contributed by atoms with Gasteiger partial charge in [0, 0.05) is 11.6 Å². The second-order valence-corrected chi connectivity index (χ2v) is 5.01. The fourth-order valence-corrected chi connectivity index (χ4v) is 2.08. The number of hydrogen-bond acceptors (Lipinski definition) is 2. The third kappa shape index (κ3) is 3.33. The molecule has 6 heteroatoms. The van der Waals surface area contributed by atoms with Gasteiger partial charge in [0.15, 0.2) is 11.6 Å². The molecule has 0 aromatic heterocycles. The fraction of sp³-hybridized carbons (Fsp3) is 0.133. The molecule has 2 aromatic carbocycles. The number of benzene rings is 2. The van der Waals surface area contributed by atoms with E-state index in [4.69, 9.17) is 5.73 Å². The summed E-state index contributed by atoms with van der Waals surface area (Å²) in [6.07, 6.45) is 0. The molecule has 0 radical (unpaired) electrons. The maximum atomic E-state index is 13.9. The van der Waals surface area contributed by atoms with Gasteiger partial charge in [0.05, 0.1) is 5.69 Å². The first-order valence-corrected chi connectivity index (χ1v) is 6.60. The number of anilines is 1. The highest BCUT2D eigenvalue weighted by atomic mass is 32.1. The zero-order valence-corrected chi connectivity index (χ0v) is 12.0. The van der Waals surface area contributed by atoms with E-state index >= 15 is 0 Å². The Morgan fingerprint density at radius 3 is 2.24 bits per heavy atom. The molecule has 0 spiro atoms. The Labute approximate surface area is 125 Å². The normalized spacial score (nSPS) is 12.0. The molecule has 0 aliphatic rings. The van der Waals surface area contributed by atoms with Crippen LogP contribution in [0.3, 0.4) is 0 Å². The van der Waals surface area contributed by atoms with E-state index in [0.29, 0.717) is 0 Å². The first-order valence-electron chi connectivity index (χ1n) is 6.20. The van der Waals surface area contributed by atoms with Gasteiger partial charge in [-0.2, -0.15) is 0 Å². The van der Waals surface area contributed by atoms with Crippen LogP contribution in [0, 0.1) is 17.5 Å². The van der Waals surface area contributed by atoms with Crippen molar-refractivity contribution in [2.45, 2.75) is 13.0 Å². The molecule has 2 rings (SSSR count).